The van der Waals surface area contributed by atoms with Crippen molar-refractivity contribution in [2.45, 2.75) is 0 Å². The van der Waals surface area contributed by atoms with Crippen LogP contribution in [-0.4, -0.2) is 42.1 Å². The van der Waals surface area contributed by atoms with Gasteiger partial charge >= 0.3 is 0 Å². The number of imide groups is 1. The molecule has 2 rings (SSSR count). The van der Waals surface area contributed by atoms with Crippen molar-refractivity contribution < 1.29 is 24.2 Å². The van der Waals surface area contributed by atoms with Crippen LogP contribution in [0.3, 0.4) is 0 Å². The summed E-state index contributed by atoms with van der Waals surface area (Å²) in [5.41, 5.74) is 0.700. The largest absolute Gasteiger partial charge is 0.493 e. The van der Waals surface area contributed by atoms with E-state index in [1.54, 1.807) is 24.3 Å². The fourth-order valence-electron chi connectivity index (χ4n) is 1.72. The molecule has 0 spiro atoms. The first kappa shape index (κ1) is 14.4. The van der Waals surface area contributed by atoms with Crippen molar-refractivity contribution in [3.05, 3.63) is 28.7 Å². The van der Waals surface area contributed by atoms with Crippen molar-refractivity contribution in [1.82, 2.24) is 4.90 Å². The molecule has 0 aliphatic carbocycles. The summed E-state index contributed by atoms with van der Waals surface area (Å²) in [6.45, 7) is -0.617. The van der Waals surface area contributed by atoms with Gasteiger partial charge in [0.2, 0.25) is 0 Å². The maximum atomic E-state index is 11.8. The number of thioether (sulfide) groups is 1. The van der Waals surface area contributed by atoms with Crippen molar-refractivity contribution in [3.63, 3.8) is 0 Å². The smallest absolute Gasteiger partial charge is 0.295 e. The van der Waals surface area contributed by atoms with E-state index >= 15 is 0 Å². The lowest BCUT2D eigenvalue weighted by Crippen LogP contribution is -2.28. The monoisotopic (exact) mass is 295 g/mol. The summed E-state index contributed by atoms with van der Waals surface area (Å²) in [7, 11) is 3.05. The minimum Gasteiger partial charge on any atom is -0.493 e. The van der Waals surface area contributed by atoms with Crippen LogP contribution in [0.1, 0.15) is 5.56 Å². The maximum Gasteiger partial charge on any atom is 0.295 e. The zero-order chi connectivity index (χ0) is 14.7. The van der Waals surface area contributed by atoms with Gasteiger partial charge in [-0.2, -0.15) is 0 Å². The molecule has 1 N–H and O–H groups in total. The van der Waals surface area contributed by atoms with E-state index in [1.165, 1.54) is 14.2 Å². The van der Waals surface area contributed by atoms with Gasteiger partial charge in [-0.3, -0.25) is 9.59 Å². The Bertz CT molecular complexity index is 584. The lowest BCUT2D eigenvalue weighted by atomic mass is 10.2. The van der Waals surface area contributed by atoms with Crippen LogP contribution in [-0.2, 0) is 4.79 Å². The third-order valence-corrected chi connectivity index (χ3v) is 3.63. The number of aliphatic hydroxyl groups is 1. The van der Waals surface area contributed by atoms with E-state index in [0.29, 0.717) is 17.1 Å². The molecule has 0 unspecified atom stereocenters. The Morgan fingerprint density at radius 3 is 2.50 bits per heavy atom. The van der Waals surface area contributed by atoms with E-state index < -0.39 is 17.9 Å². The normalized spacial score (nSPS) is 16.9. The van der Waals surface area contributed by atoms with Crippen LogP contribution in [0.2, 0.25) is 0 Å². The van der Waals surface area contributed by atoms with Crippen LogP contribution < -0.4 is 9.47 Å². The summed E-state index contributed by atoms with van der Waals surface area (Å²) < 4.78 is 10.3. The number of rotatable bonds is 4. The molecule has 1 aliphatic heterocycles. The molecule has 20 heavy (non-hydrogen) atoms. The fourth-order valence-corrected chi connectivity index (χ4v) is 2.55. The second-order valence-corrected chi connectivity index (χ2v) is 4.86. The number of carbonyl (C=O) groups is 2. The summed E-state index contributed by atoms with van der Waals surface area (Å²) in [6, 6.07) is 5.15. The van der Waals surface area contributed by atoms with Crippen molar-refractivity contribution >= 4 is 29.0 Å². The predicted octanol–water partition coefficient (Wildman–Crippen LogP) is 1.69. The van der Waals surface area contributed by atoms with Gasteiger partial charge in [0, 0.05) is 0 Å². The van der Waals surface area contributed by atoms with E-state index in [2.05, 4.69) is 0 Å². The highest BCUT2D eigenvalue weighted by Crippen LogP contribution is 2.34. The number of nitrogens with zero attached hydrogens (tertiary/aromatic N) is 1. The molecular weight excluding hydrogens is 282 g/mol. The molecule has 1 aromatic carbocycles. The van der Waals surface area contributed by atoms with E-state index in [-0.39, 0.29) is 4.91 Å². The van der Waals surface area contributed by atoms with Crippen LogP contribution in [0.25, 0.3) is 6.08 Å². The summed E-state index contributed by atoms with van der Waals surface area (Å²) in [4.78, 5) is 24.3. The number of benzene rings is 1. The summed E-state index contributed by atoms with van der Waals surface area (Å²) in [5, 5.41) is 8.47. The molecule has 0 bridgehead atoms. The Kier molecular flexibility index (Phi) is 4.31. The van der Waals surface area contributed by atoms with Crippen molar-refractivity contribution in [1.29, 1.82) is 0 Å². The van der Waals surface area contributed by atoms with Crippen LogP contribution >= 0.6 is 11.8 Å². The van der Waals surface area contributed by atoms with E-state index in [4.69, 9.17) is 14.6 Å². The number of amides is 2. The van der Waals surface area contributed by atoms with Crippen LogP contribution in [0, 0.1) is 0 Å². The van der Waals surface area contributed by atoms with Crippen molar-refractivity contribution in [2.75, 3.05) is 21.0 Å². The van der Waals surface area contributed by atoms with Crippen LogP contribution in [0.4, 0.5) is 4.79 Å². The molecule has 106 valence electrons. The van der Waals surface area contributed by atoms with Crippen LogP contribution in [0.5, 0.6) is 11.5 Å². The number of carbonyl (C=O) groups excluding carboxylic acids is 2. The molecule has 0 saturated carbocycles. The Balaban J connectivity index is 2.32. The van der Waals surface area contributed by atoms with Gasteiger partial charge in [0.15, 0.2) is 11.5 Å². The first-order valence-corrected chi connectivity index (χ1v) is 6.50. The van der Waals surface area contributed by atoms with Crippen molar-refractivity contribution in [3.8, 4) is 11.5 Å². The summed E-state index contributed by atoms with van der Waals surface area (Å²) in [5.74, 6) is 0.605. The molecule has 1 aliphatic rings. The number of methoxy groups -OCH3 is 2. The molecular formula is C13H13NO5S. The Morgan fingerprint density at radius 2 is 1.95 bits per heavy atom. The third kappa shape index (κ3) is 2.63. The van der Waals surface area contributed by atoms with Gasteiger partial charge in [-0.1, -0.05) is 6.07 Å². The first-order valence-electron chi connectivity index (χ1n) is 5.69. The molecule has 0 radical (unpaired) electrons. The molecule has 1 saturated heterocycles. The van der Waals surface area contributed by atoms with Gasteiger partial charge in [0.25, 0.3) is 11.1 Å². The van der Waals surface area contributed by atoms with Gasteiger partial charge in [0.05, 0.1) is 19.1 Å². The van der Waals surface area contributed by atoms with Crippen molar-refractivity contribution in [2.24, 2.45) is 0 Å². The highest BCUT2D eigenvalue weighted by Gasteiger charge is 2.34. The van der Waals surface area contributed by atoms with Gasteiger partial charge < -0.3 is 14.6 Å². The number of aliphatic hydroxyl groups excluding tert-OH is 1. The van der Waals surface area contributed by atoms with E-state index in [1.807, 2.05) is 0 Å². The average Bonchev–Trinajstić information content (AvgIpc) is 2.72. The predicted molar refractivity (Wildman–Crippen MR) is 74.4 cm³/mol. The molecule has 2 amide bonds. The SMILES string of the molecule is COc1ccc(/C=C2\SC(=O)N(CO)C2=O)cc1OC. The van der Waals surface area contributed by atoms with Gasteiger partial charge in [-0.25, -0.2) is 4.90 Å². The molecule has 1 fully saturated rings. The van der Waals surface area contributed by atoms with Gasteiger partial charge in [-0.15, -0.1) is 0 Å². The zero-order valence-electron chi connectivity index (χ0n) is 11.0. The number of hydrogen-bond acceptors (Lipinski definition) is 6. The zero-order valence-corrected chi connectivity index (χ0v) is 11.8. The maximum absolute atomic E-state index is 11.8. The Morgan fingerprint density at radius 1 is 1.25 bits per heavy atom. The molecule has 7 heteroatoms. The molecule has 0 aromatic heterocycles. The minimum atomic E-state index is -0.617. The molecule has 6 nitrogen and oxygen atoms in total. The van der Waals surface area contributed by atoms with E-state index in [0.717, 1.165) is 16.7 Å². The second kappa shape index (κ2) is 5.98. The Hall–Kier alpha value is -1.99. The van der Waals surface area contributed by atoms with Gasteiger partial charge in [-0.05, 0) is 35.5 Å². The quantitative estimate of drug-likeness (QED) is 0.852. The lowest BCUT2D eigenvalue weighted by Gasteiger charge is -2.08. The lowest BCUT2D eigenvalue weighted by molar-refractivity contribution is -0.125. The second-order valence-electron chi connectivity index (χ2n) is 3.87. The van der Waals surface area contributed by atoms with Crippen LogP contribution in [0.15, 0.2) is 23.1 Å². The minimum absolute atomic E-state index is 0.260. The van der Waals surface area contributed by atoms with E-state index in [9.17, 15) is 9.59 Å². The first-order chi connectivity index (χ1) is 9.60. The van der Waals surface area contributed by atoms with Gasteiger partial charge in [0.1, 0.15) is 6.73 Å². The fraction of sp³-hybridized carbons (Fsp3) is 0.231. The molecule has 0 atom stereocenters. The number of hydrogen-bond donors (Lipinski definition) is 1. The standard InChI is InChI=1S/C13H13NO5S/c1-18-9-4-3-8(5-10(9)19-2)6-11-12(16)14(7-15)13(17)20-11/h3-6,15H,7H2,1-2H3/b11-6-. The topological polar surface area (TPSA) is 76.1 Å². The average molecular weight is 295 g/mol. The molecule has 1 heterocycles. The summed E-state index contributed by atoms with van der Waals surface area (Å²) in [6.07, 6.45) is 1.57. The molecule has 1 aromatic rings. The highest BCUT2D eigenvalue weighted by atomic mass is 32.2. The summed E-state index contributed by atoms with van der Waals surface area (Å²) >= 11 is 0.791. The third-order valence-electron chi connectivity index (χ3n) is 2.72. The number of ether oxygens (including phenoxy) is 2. The Labute approximate surface area is 120 Å². The highest BCUT2D eigenvalue weighted by molar-refractivity contribution is 8.18.